The lowest BCUT2D eigenvalue weighted by Gasteiger charge is -2.26. The molecule has 0 spiro atoms. The van der Waals surface area contributed by atoms with Crippen LogP contribution < -0.4 is 10.5 Å². The average Bonchev–Trinajstić information content (AvgIpc) is 3.06. The summed E-state index contributed by atoms with van der Waals surface area (Å²) in [6, 6.07) is 8.66. The number of aromatic amines is 1. The van der Waals surface area contributed by atoms with Gasteiger partial charge in [-0.15, -0.1) is 0 Å². The molecule has 3 heterocycles. The first-order chi connectivity index (χ1) is 12.4. The van der Waals surface area contributed by atoms with Crippen molar-refractivity contribution >= 4 is 26.9 Å². The molecule has 9 heteroatoms. The number of nitrogens with zero attached hydrogens (tertiary/aromatic N) is 3. The smallest absolute Gasteiger partial charge is 0.276 e. The van der Waals surface area contributed by atoms with Crippen molar-refractivity contribution in [3.63, 3.8) is 0 Å². The molecule has 0 fully saturated rings. The zero-order chi connectivity index (χ0) is 18.5. The summed E-state index contributed by atoms with van der Waals surface area (Å²) in [5.74, 6) is 0.400. The highest BCUT2D eigenvalue weighted by Crippen LogP contribution is 2.28. The van der Waals surface area contributed by atoms with Gasteiger partial charge in [0.15, 0.2) is 0 Å². The molecule has 1 aliphatic rings. The SMILES string of the molecule is CN(C)c1nc2c(c(=O)[nH]1)CCN(S(=O)(=O)c1cc3ccccc3o1)C2. The van der Waals surface area contributed by atoms with Crippen LogP contribution in [0.3, 0.4) is 0 Å². The van der Waals surface area contributed by atoms with Crippen molar-refractivity contribution in [1.82, 2.24) is 14.3 Å². The van der Waals surface area contributed by atoms with Crippen molar-refractivity contribution in [1.29, 1.82) is 0 Å². The average molecular weight is 374 g/mol. The summed E-state index contributed by atoms with van der Waals surface area (Å²) < 4.78 is 32.8. The Balaban J connectivity index is 1.72. The first-order valence-electron chi connectivity index (χ1n) is 8.14. The Hall–Kier alpha value is -2.65. The maximum absolute atomic E-state index is 13.0. The van der Waals surface area contributed by atoms with Crippen molar-refractivity contribution in [3.05, 3.63) is 51.9 Å². The minimum absolute atomic E-state index is 0.0411. The third kappa shape index (κ3) is 2.69. The van der Waals surface area contributed by atoms with Gasteiger partial charge in [0.2, 0.25) is 11.0 Å². The number of nitrogens with one attached hydrogen (secondary N) is 1. The molecule has 0 bridgehead atoms. The predicted octanol–water partition coefficient (Wildman–Crippen LogP) is 1.33. The van der Waals surface area contributed by atoms with Gasteiger partial charge in [-0.25, -0.2) is 13.4 Å². The molecular weight excluding hydrogens is 356 g/mol. The lowest BCUT2D eigenvalue weighted by Crippen LogP contribution is -2.39. The second-order valence-electron chi connectivity index (χ2n) is 6.40. The van der Waals surface area contributed by atoms with Crippen LogP contribution in [0.4, 0.5) is 5.95 Å². The fourth-order valence-electron chi connectivity index (χ4n) is 3.03. The fourth-order valence-corrected chi connectivity index (χ4v) is 4.38. The van der Waals surface area contributed by atoms with Gasteiger partial charge in [-0.2, -0.15) is 4.31 Å². The normalized spacial score (nSPS) is 15.2. The van der Waals surface area contributed by atoms with Crippen LogP contribution in [0.5, 0.6) is 0 Å². The van der Waals surface area contributed by atoms with Crippen LogP contribution in [0.2, 0.25) is 0 Å². The molecule has 1 aromatic carbocycles. The van der Waals surface area contributed by atoms with Gasteiger partial charge in [-0.1, -0.05) is 18.2 Å². The second-order valence-corrected chi connectivity index (χ2v) is 8.27. The molecule has 4 rings (SSSR count). The van der Waals surface area contributed by atoms with E-state index < -0.39 is 10.0 Å². The van der Waals surface area contributed by atoms with Gasteiger partial charge in [0.25, 0.3) is 15.6 Å². The Bertz CT molecular complexity index is 1110. The van der Waals surface area contributed by atoms with Crippen LogP contribution in [-0.2, 0) is 23.0 Å². The van der Waals surface area contributed by atoms with Crippen molar-refractivity contribution in [2.45, 2.75) is 18.1 Å². The molecule has 1 N–H and O–H groups in total. The van der Waals surface area contributed by atoms with E-state index in [1.165, 1.54) is 10.4 Å². The molecule has 0 saturated heterocycles. The maximum Gasteiger partial charge on any atom is 0.276 e. The van der Waals surface area contributed by atoms with E-state index in [1.807, 2.05) is 6.07 Å². The van der Waals surface area contributed by atoms with Gasteiger partial charge in [0.05, 0.1) is 12.2 Å². The molecule has 26 heavy (non-hydrogen) atoms. The molecule has 0 unspecified atom stereocenters. The number of anilines is 1. The number of hydrogen-bond acceptors (Lipinski definition) is 6. The van der Waals surface area contributed by atoms with E-state index in [0.29, 0.717) is 29.2 Å². The summed E-state index contributed by atoms with van der Waals surface area (Å²) in [7, 11) is -0.291. The number of aromatic nitrogens is 2. The zero-order valence-electron chi connectivity index (χ0n) is 14.4. The second kappa shape index (κ2) is 5.96. The molecule has 0 radical (unpaired) electrons. The van der Waals surface area contributed by atoms with Crippen molar-refractivity contribution < 1.29 is 12.8 Å². The highest BCUT2D eigenvalue weighted by molar-refractivity contribution is 7.89. The van der Waals surface area contributed by atoms with E-state index >= 15 is 0 Å². The Kier molecular flexibility index (Phi) is 3.85. The summed E-state index contributed by atoms with van der Waals surface area (Å²) in [6.45, 7) is 0.248. The van der Waals surface area contributed by atoms with Crippen LogP contribution >= 0.6 is 0 Å². The number of para-hydroxylation sites is 1. The Morgan fingerprint density at radius 3 is 2.77 bits per heavy atom. The number of sulfonamides is 1. The highest BCUT2D eigenvalue weighted by Gasteiger charge is 2.33. The van der Waals surface area contributed by atoms with Gasteiger partial charge in [0, 0.05) is 37.7 Å². The standard InChI is InChI=1S/C17H18N4O4S/c1-20(2)17-18-13-10-21(8-7-12(13)16(22)19-17)26(23,24)15-9-11-5-3-4-6-14(11)25-15/h3-6,9H,7-8,10H2,1-2H3,(H,18,19,22). The quantitative estimate of drug-likeness (QED) is 0.742. The summed E-state index contributed by atoms with van der Waals surface area (Å²) in [4.78, 5) is 21.0. The summed E-state index contributed by atoms with van der Waals surface area (Å²) in [5.41, 5.74) is 1.31. The number of hydrogen-bond donors (Lipinski definition) is 1. The lowest BCUT2D eigenvalue weighted by atomic mass is 10.1. The molecule has 3 aromatic rings. The van der Waals surface area contributed by atoms with Crippen molar-refractivity contribution in [2.24, 2.45) is 0 Å². The molecule has 2 aromatic heterocycles. The van der Waals surface area contributed by atoms with Crippen LogP contribution in [0.15, 0.2) is 44.6 Å². The molecule has 0 saturated carbocycles. The molecule has 1 aliphatic heterocycles. The fraction of sp³-hybridized carbons (Fsp3) is 0.294. The van der Waals surface area contributed by atoms with Gasteiger partial charge < -0.3 is 9.32 Å². The van der Waals surface area contributed by atoms with E-state index in [9.17, 15) is 13.2 Å². The molecule has 0 atom stereocenters. The Morgan fingerprint density at radius 1 is 1.27 bits per heavy atom. The van der Waals surface area contributed by atoms with Crippen molar-refractivity contribution in [3.8, 4) is 0 Å². The zero-order valence-corrected chi connectivity index (χ0v) is 15.2. The maximum atomic E-state index is 13.0. The molecular formula is C17H18N4O4S. The van der Waals surface area contributed by atoms with Crippen LogP contribution in [0, 0.1) is 0 Å². The summed E-state index contributed by atoms with van der Waals surface area (Å²) in [6.07, 6.45) is 0.310. The molecule has 0 amide bonds. The first kappa shape index (κ1) is 16.8. The topological polar surface area (TPSA) is 99.5 Å². The van der Waals surface area contributed by atoms with Crippen molar-refractivity contribution in [2.75, 3.05) is 25.5 Å². The monoisotopic (exact) mass is 374 g/mol. The molecule has 136 valence electrons. The minimum atomic E-state index is -3.81. The van der Waals surface area contributed by atoms with Crippen LogP contribution in [0.25, 0.3) is 11.0 Å². The Morgan fingerprint density at radius 2 is 2.04 bits per heavy atom. The van der Waals surface area contributed by atoms with Gasteiger partial charge in [-0.05, 0) is 12.5 Å². The summed E-state index contributed by atoms with van der Waals surface area (Å²) in [5, 5.41) is 0.632. The van der Waals surface area contributed by atoms with E-state index in [4.69, 9.17) is 4.42 Å². The minimum Gasteiger partial charge on any atom is -0.443 e. The highest BCUT2D eigenvalue weighted by atomic mass is 32.2. The Labute approximate surface area is 150 Å². The van der Waals surface area contributed by atoms with E-state index in [2.05, 4.69) is 9.97 Å². The lowest BCUT2D eigenvalue weighted by molar-refractivity contribution is 0.365. The molecule has 8 nitrogen and oxygen atoms in total. The largest absolute Gasteiger partial charge is 0.443 e. The summed E-state index contributed by atoms with van der Waals surface area (Å²) >= 11 is 0. The van der Waals surface area contributed by atoms with Gasteiger partial charge in [-0.3, -0.25) is 9.78 Å². The molecule has 0 aliphatic carbocycles. The third-order valence-electron chi connectivity index (χ3n) is 4.45. The van der Waals surface area contributed by atoms with Gasteiger partial charge in [0.1, 0.15) is 5.58 Å². The van der Waals surface area contributed by atoms with E-state index in [0.717, 1.165) is 5.39 Å². The van der Waals surface area contributed by atoms with Crippen LogP contribution in [0.1, 0.15) is 11.3 Å². The number of fused-ring (bicyclic) bond motifs is 2. The van der Waals surface area contributed by atoms with Gasteiger partial charge >= 0.3 is 0 Å². The predicted molar refractivity (Wildman–Crippen MR) is 96.7 cm³/mol. The van der Waals surface area contributed by atoms with E-state index in [-0.39, 0.29) is 23.7 Å². The third-order valence-corrected chi connectivity index (χ3v) is 6.15. The number of furan rings is 1. The van der Waals surface area contributed by atoms with E-state index in [1.54, 1.807) is 37.2 Å². The first-order valence-corrected chi connectivity index (χ1v) is 9.58. The number of H-pyrrole nitrogens is 1. The number of benzene rings is 1. The van der Waals surface area contributed by atoms with Crippen LogP contribution in [-0.4, -0.2) is 43.3 Å². The number of rotatable bonds is 3.